The molecule has 1 aliphatic carbocycles. The fraction of sp³-hybridized carbons (Fsp3) is 0.414. The van der Waals surface area contributed by atoms with Crippen molar-refractivity contribution in [3.05, 3.63) is 64.6 Å². The van der Waals surface area contributed by atoms with Gasteiger partial charge >= 0.3 is 6.18 Å². The molecular weight excluding hydrogens is 542 g/mol. The van der Waals surface area contributed by atoms with E-state index in [1.54, 1.807) is 12.1 Å². The third kappa shape index (κ3) is 6.22. The van der Waals surface area contributed by atoms with E-state index in [0.29, 0.717) is 18.4 Å². The van der Waals surface area contributed by atoms with Crippen molar-refractivity contribution in [2.24, 2.45) is 0 Å². The first-order valence-electron chi connectivity index (χ1n) is 13.4. The molecule has 0 radical (unpaired) electrons. The van der Waals surface area contributed by atoms with E-state index in [1.807, 2.05) is 13.1 Å². The lowest BCUT2D eigenvalue weighted by atomic mass is 10.0. The van der Waals surface area contributed by atoms with Crippen LogP contribution in [0.15, 0.2) is 36.5 Å². The van der Waals surface area contributed by atoms with Gasteiger partial charge in [-0.3, -0.25) is 4.79 Å². The number of piperidine rings is 1. The molecular formula is C29H31F4N5O3. The van der Waals surface area contributed by atoms with Crippen molar-refractivity contribution in [2.45, 2.75) is 50.7 Å². The highest BCUT2D eigenvalue weighted by molar-refractivity contribution is 5.96. The Morgan fingerprint density at radius 1 is 1.12 bits per heavy atom. The molecule has 1 atom stereocenters. The number of methoxy groups -OCH3 is 1. The number of amides is 1. The molecule has 2 heterocycles. The molecule has 1 aliphatic heterocycles. The van der Waals surface area contributed by atoms with E-state index in [9.17, 15) is 18.0 Å². The highest BCUT2D eigenvalue weighted by Gasteiger charge is 2.37. The first-order chi connectivity index (χ1) is 19.5. The normalized spacial score (nSPS) is 17.7. The summed E-state index contributed by atoms with van der Waals surface area (Å²) in [6.45, 7) is 3.70. The molecule has 1 aromatic heterocycles. The van der Waals surface area contributed by atoms with E-state index >= 15 is 4.39 Å². The number of carbonyl (C=O) groups excluding carboxylic acids is 1. The molecule has 3 aromatic rings. The summed E-state index contributed by atoms with van der Waals surface area (Å²) in [5, 5.41) is 5.57. The number of likely N-dealkylation sites (tertiary alicyclic amines) is 1. The van der Waals surface area contributed by atoms with Gasteiger partial charge in [0.25, 0.3) is 5.91 Å². The van der Waals surface area contributed by atoms with Gasteiger partial charge in [0.05, 0.1) is 18.4 Å². The molecule has 2 aliphatic rings. The van der Waals surface area contributed by atoms with Crippen LogP contribution in [0.2, 0.25) is 0 Å². The molecule has 2 aromatic carbocycles. The fourth-order valence-corrected chi connectivity index (χ4v) is 5.26. The largest absolute Gasteiger partial charge is 0.495 e. The summed E-state index contributed by atoms with van der Waals surface area (Å²) in [5.41, 5.74) is 0.547. The van der Waals surface area contributed by atoms with Crippen molar-refractivity contribution >= 4 is 17.5 Å². The van der Waals surface area contributed by atoms with Crippen LogP contribution in [0.5, 0.6) is 17.4 Å². The Labute approximate surface area is 235 Å². The maximum absolute atomic E-state index is 15.1. The summed E-state index contributed by atoms with van der Waals surface area (Å²) in [5.74, 6) is -1.71. The summed E-state index contributed by atoms with van der Waals surface area (Å²) < 4.78 is 67.7. The van der Waals surface area contributed by atoms with Crippen LogP contribution < -0.4 is 20.1 Å². The number of fused-ring (bicyclic) bond motifs is 1. The number of halogens is 4. The quantitative estimate of drug-likeness (QED) is 0.333. The van der Waals surface area contributed by atoms with Gasteiger partial charge in [-0.15, -0.1) is 0 Å². The summed E-state index contributed by atoms with van der Waals surface area (Å²) in [7, 11) is 3.33. The van der Waals surface area contributed by atoms with Crippen LogP contribution in [0.1, 0.15) is 59.2 Å². The van der Waals surface area contributed by atoms with E-state index in [2.05, 4.69) is 32.4 Å². The number of hydrogen-bond donors (Lipinski definition) is 2. The highest BCUT2D eigenvalue weighted by Crippen LogP contribution is 2.42. The predicted molar refractivity (Wildman–Crippen MR) is 145 cm³/mol. The number of rotatable bonds is 7. The van der Waals surface area contributed by atoms with Crippen LogP contribution in [0.4, 0.5) is 29.2 Å². The maximum atomic E-state index is 15.1. The molecule has 0 bridgehead atoms. The van der Waals surface area contributed by atoms with Gasteiger partial charge in [-0.05, 0) is 75.0 Å². The van der Waals surface area contributed by atoms with E-state index in [1.165, 1.54) is 13.2 Å². The van der Waals surface area contributed by atoms with Crippen LogP contribution in [0.25, 0.3) is 0 Å². The zero-order valence-electron chi connectivity index (χ0n) is 22.9. The van der Waals surface area contributed by atoms with Crippen LogP contribution in [-0.2, 0) is 12.6 Å². The molecule has 1 fully saturated rings. The Kier molecular flexibility index (Phi) is 8.03. The monoisotopic (exact) mass is 573 g/mol. The number of carbonyl (C=O) groups is 1. The average molecular weight is 574 g/mol. The summed E-state index contributed by atoms with van der Waals surface area (Å²) >= 11 is 0. The number of hydrogen-bond acceptors (Lipinski definition) is 7. The van der Waals surface area contributed by atoms with Crippen LogP contribution in [0, 0.1) is 5.82 Å². The van der Waals surface area contributed by atoms with Gasteiger partial charge in [0.1, 0.15) is 22.9 Å². The van der Waals surface area contributed by atoms with Gasteiger partial charge in [-0.25, -0.2) is 9.37 Å². The lowest BCUT2D eigenvalue weighted by Gasteiger charge is -2.29. The molecule has 1 unspecified atom stereocenters. The second-order valence-corrected chi connectivity index (χ2v) is 10.5. The lowest BCUT2D eigenvalue weighted by Crippen LogP contribution is -2.43. The Hall–Kier alpha value is -3.93. The van der Waals surface area contributed by atoms with Gasteiger partial charge < -0.3 is 25.0 Å². The lowest BCUT2D eigenvalue weighted by molar-refractivity contribution is -0.139. The molecule has 12 heteroatoms. The second-order valence-electron chi connectivity index (χ2n) is 10.5. The fourth-order valence-electron chi connectivity index (χ4n) is 5.26. The molecule has 2 N–H and O–H groups in total. The highest BCUT2D eigenvalue weighted by atomic mass is 19.4. The molecule has 8 nitrogen and oxygen atoms in total. The van der Waals surface area contributed by atoms with E-state index in [4.69, 9.17) is 9.47 Å². The molecule has 5 rings (SSSR count). The molecule has 0 spiro atoms. The minimum absolute atomic E-state index is 0.0287. The van der Waals surface area contributed by atoms with Crippen molar-refractivity contribution in [1.29, 1.82) is 0 Å². The number of alkyl halides is 3. The third-order valence-corrected chi connectivity index (χ3v) is 7.63. The van der Waals surface area contributed by atoms with Gasteiger partial charge in [0.15, 0.2) is 0 Å². The molecule has 41 heavy (non-hydrogen) atoms. The van der Waals surface area contributed by atoms with Crippen LogP contribution >= 0.6 is 0 Å². The zero-order valence-corrected chi connectivity index (χ0v) is 22.9. The van der Waals surface area contributed by atoms with Crippen molar-refractivity contribution in [3.63, 3.8) is 0 Å². The Balaban J connectivity index is 1.41. The number of anilines is 2. The Bertz CT molecular complexity index is 1440. The predicted octanol–water partition coefficient (Wildman–Crippen LogP) is 6.05. The van der Waals surface area contributed by atoms with Gasteiger partial charge in [0, 0.05) is 18.3 Å². The Morgan fingerprint density at radius 2 is 1.88 bits per heavy atom. The van der Waals surface area contributed by atoms with Crippen molar-refractivity contribution in [3.8, 4) is 17.4 Å². The zero-order chi connectivity index (χ0) is 29.3. The van der Waals surface area contributed by atoms with E-state index in [0.717, 1.165) is 49.5 Å². The minimum Gasteiger partial charge on any atom is -0.495 e. The number of nitrogens with zero attached hydrogens (tertiary/aromatic N) is 3. The number of nitrogens with one attached hydrogen (secondary N) is 2. The first-order valence-corrected chi connectivity index (χ1v) is 13.4. The smallest absolute Gasteiger partial charge is 0.423 e. The molecule has 1 saturated heterocycles. The van der Waals surface area contributed by atoms with E-state index < -0.39 is 29.3 Å². The second kappa shape index (κ2) is 11.5. The molecule has 0 saturated carbocycles. The maximum Gasteiger partial charge on any atom is 0.423 e. The minimum atomic E-state index is -4.77. The summed E-state index contributed by atoms with van der Waals surface area (Å²) in [6, 6.07) is 7.47. The van der Waals surface area contributed by atoms with Gasteiger partial charge in [0.2, 0.25) is 11.8 Å². The third-order valence-electron chi connectivity index (χ3n) is 7.63. The summed E-state index contributed by atoms with van der Waals surface area (Å²) in [4.78, 5) is 22.8. The van der Waals surface area contributed by atoms with Crippen LogP contribution in [0.3, 0.4) is 0 Å². The number of ether oxygens (including phenoxy) is 2. The average Bonchev–Trinajstić information content (AvgIpc) is 3.31. The topological polar surface area (TPSA) is 88.6 Å². The van der Waals surface area contributed by atoms with Crippen molar-refractivity contribution < 1.29 is 31.8 Å². The molecule has 1 amide bonds. The number of aromatic nitrogens is 2. The summed E-state index contributed by atoms with van der Waals surface area (Å²) in [6.07, 6.45) is -1.11. The standard InChI is InChI=1S/C29H31F4N5O3/c1-16-7-8-19-18(16)5-4-6-24(19)41-27-21(29(31,32)33)15-34-28(37-27)36-23-14-22(30)20(13-25(23)40-3)26(39)35-17-9-11-38(2)12-10-17/h4-6,13-17H,7-12H2,1-3H3,(H,35,39)(H,34,36,37). The van der Waals surface area contributed by atoms with E-state index in [-0.39, 0.29) is 34.9 Å². The number of benzene rings is 2. The van der Waals surface area contributed by atoms with Crippen molar-refractivity contribution in [1.82, 2.24) is 20.2 Å². The first kappa shape index (κ1) is 28.6. The molecule has 218 valence electrons. The Morgan fingerprint density at radius 3 is 2.59 bits per heavy atom. The van der Waals surface area contributed by atoms with Gasteiger partial charge in [-0.2, -0.15) is 18.2 Å². The van der Waals surface area contributed by atoms with Crippen LogP contribution in [-0.4, -0.2) is 54.1 Å². The van der Waals surface area contributed by atoms with Gasteiger partial charge in [-0.1, -0.05) is 19.1 Å². The van der Waals surface area contributed by atoms with Crippen molar-refractivity contribution in [2.75, 3.05) is 32.6 Å². The SMILES string of the molecule is COc1cc(C(=O)NC2CCN(C)CC2)c(F)cc1Nc1ncc(C(F)(F)F)c(Oc2cccc3c2CCC3C)n1.